The average Bonchev–Trinajstić information content (AvgIpc) is 2.71. The first-order valence-electron chi connectivity index (χ1n) is 8.63. The molecule has 0 aliphatic heterocycles. The van der Waals surface area contributed by atoms with Gasteiger partial charge in [-0.3, -0.25) is 0 Å². The minimum absolute atomic E-state index is 0.0135. The Morgan fingerprint density at radius 3 is 2.20 bits per heavy atom. The molecule has 158 valence electrons. The fourth-order valence-corrected chi connectivity index (χ4v) is 2.77. The predicted molar refractivity (Wildman–Crippen MR) is 97.4 cm³/mol. The molecule has 0 spiro atoms. The standard InChI is InChI=1S/C20H15F6N3O/c21-19(22,23)13-6-7-14(15(8-13)20(24,25)26)16-9-18(29-11-28-16)27-10-17(30)12-4-2-1-3-5-12/h1-9,11,17,30H,10H2,(H,27,28,29). The molecule has 4 nitrogen and oxygen atoms in total. The number of nitrogens with zero attached hydrogens (tertiary/aromatic N) is 2. The Hall–Kier alpha value is -3.14. The first-order valence-corrected chi connectivity index (χ1v) is 8.63. The smallest absolute Gasteiger partial charge is 0.387 e. The maximum atomic E-state index is 13.4. The van der Waals surface area contributed by atoms with Gasteiger partial charge in [-0.05, 0) is 17.7 Å². The molecule has 0 aliphatic rings. The third kappa shape index (κ3) is 5.07. The molecule has 3 rings (SSSR count). The number of hydrogen-bond acceptors (Lipinski definition) is 4. The third-order valence-corrected chi connectivity index (χ3v) is 4.26. The number of aliphatic hydroxyl groups is 1. The van der Waals surface area contributed by atoms with Crippen LogP contribution in [-0.2, 0) is 12.4 Å². The van der Waals surface area contributed by atoms with E-state index < -0.39 is 35.1 Å². The summed E-state index contributed by atoms with van der Waals surface area (Å²) in [4.78, 5) is 7.65. The molecule has 0 saturated carbocycles. The molecule has 1 heterocycles. The van der Waals surface area contributed by atoms with Crippen molar-refractivity contribution in [2.75, 3.05) is 11.9 Å². The Morgan fingerprint density at radius 1 is 0.867 bits per heavy atom. The highest BCUT2D eigenvalue weighted by Gasteiger charge is 2.38. The molecule has 10 heteroatoms. The van der Waals surface area contributed by atoms with Gasteiger partial charge in [-0.25, -0.2) is 9.97 Å². The molecule has 3 aromatic rings. The topological polar surface area (TPSA) is 58.0 Å². The van der Waals surface area contributed by atoms with Crippen LogP contribution in [0.4, 0.5) is 32.2 Å². The van der Waals surface area contributed by atoms with Crippen molar-refractivity contribution in [3.8, 4) is 11.3 Å². The van der Waals surface area contributed by atoms with Crippen molar-refractivity contribution in [2.45, 2.75) is 18.5 Å². The van der Waals surface area contributed by atoms with Crippen molar-refractivity contribution in [1.29, 1.82) is 0 Å². The Labute approximate surface area is 167 Å². The molecule has 0 bridgehead atoms. The van der Waals surface area contributed by atoms with Gasteiger partial charge in [-0.2, -0.15) is 26.3 Å². The lowest BCUT2D eigenvalue weighted by Crippen LogP contribution is -2.14. The van der Waals surface area contributed by atoms with E-state index in [4.69, 9.17) is 0 Å². The van der Waals surface area contributed by atoms with Gasteiger partial charge in [0.15, 0.2) is 0 Å². The Bertz CT molecular complexity index is 1010. The van der Waals surface area contributed by atoms with E-state index in [1.54, 1.807) is 30.3 Å². The molecule has 1 aromatic heterocycles. The Kier molecular flexibility index (Phi) is 5.97. The van der Waals surface area contributed by atoms with Crippen molar-refractivity contribution < 1.29 is 31.4 Å². The minimum atomic E-state index is -5.02. The van der Waals surface area contributed by atoms with E-state index in [9.17, 15) is 31.4 Å². The van der Waals surface area contributed by atoms with E-state index in [-0.39, 0.29) is 24.1 Å². The lowest BCUT2D eigenvalue weighted by atomic mass is 10.00. The SMILES string of the molecule is OC(CNc1cc(-c2ccc(C(F)(F)F)cc2C(F)(F)F)ncn1)c1ccccc1. The van der Waals surface area contributed by atoms with Crippen LogP contribution in [0, 0.1) is 0 Å². The summed E-state index contributed by atoms with van der Waals surface area (Å²) < 4.78 is 78.7. The van der Waals surface area contributed by atoms with E-state index in [0.29, 0.717) is 11.6 Å². The lowest BCUT2D eigenvalue weighted by molar-refractivity contribution is -0.142. The van der Waals surface area contributed by atoms with Gasteiger partial charge in [0.05, 0.1) is 22.9 Å². The van der Waals surface area contributed by atoms with Crippen LogP contribution in [0.15, 0.2) is 60.9 Å². The van der Waals surface area contributed by atoms with Gasteiger partial charge in [0.25, 0.3) is 0 Å². The number of anilines is 1. The third-order valence-electron chi connectivity index (χ3n) is 4.26. The number of halogens is 6. The van der Waals surface area contributed by atoms with Crippen LogP contribution in [0.25, 0.3) is 11.3 Å². The number of alkyl halides is 6. The van der Waals surface area contributed by atoms with E-state index >= 15 is 0 Å². The number of hydrogen-bond donors (Lipinski definition) is 2. The van der Waals surface area contributed by atoms with Gasteiger partial charge in [-0.1, -0.05) is 36.4 Å². The Morgan fingerprint density at radius 2 is 1.57 bits per heavy atom. The number of benzene rings is 2. The van der Waals surface area contributed by atoms with Crippen LogP contribution in [0.2, 0.25) is 0 Å². The monoisotopic (exact) mass is 427 g/mol. The number of nitrogens with one attached hydrogen (secondary N) is 1. The molecule has 0 saturated heterocycles. The molecule has 0 aliphatic carbocycles. The second-order valence-electron chi connectivity index (χ2n) is 6.35. The van der Waals surface area contributed by atoms with Crippen molar-refractivity contribution in [3.63, 3.8) is 0 Å². The van der Waals surface area contributed by atoms with Crippen LogP contribution in [0.1, 0.15) is 22.8 Å². The zero-order valence-corrected chi connectivity index (χ0v) is 15.2. The first-order chi connectivity index (χ1) is 14.1. The number of rotatable bonds is 5. The fraction of sp³-hybridized carbons (Fsp3) is 0.200. The second-order valence-corrected chi connectivity index (χ2v) is 6.35. The number of aliphatic hydroxyl groups excluding tert-OH is 1. The van der Waals surface area contributed by atoms with Crippen LogP contribution in [0.3, 0.4) is 0 Å². The molecule has 1 atom stereocenters. The average molecular weight is 427 g/mol. The highest BCUT2D eigenvalue weighted by molar-refractivity contribution is 5.67. The molecular weight excluding hydrogens is 412 g/mol. The quantitative estimate of drug-likeness (QED) is 0.541. The molecular formula is C20H15F6N3O. The highest BCUT2D eigenvalue weighted by Crippen LogP contribution is 2.40. The predicted octanol–water partition coefficient (Wildman–Crippen LogP) is 5.33. The maximum absolute atomic E-state index is 13.4. The minimum Gasteiger partial charge on any atom is -0.387 e. The number of aromatic nitrogens is 2. The summed E-state index contributed by atoms with van der Waals surface area (Å²) in [6, 6.07) is 11.2. The zero-order valence-electron chi connectivity index (χ0n) is 15.2. The summed E-state index contributed by atoms with van der Waals surface area (Å²) in [7, 11) is 0. The van der Waals surface area contributed by atoms with Gasteiger partial charge in [-0.15, -0.1) is 0 Å². The molecule has 2 aromatic carbocycles. The lowest BCUT2D eigenvalue weighted by Gasteiger charge is -2.16. The summed E-state index contributed by atoms with van der Waals surface area (Å²) in [5.74, 6) is 0.114. The van der Waals surface area contributed by atoms with Crippen LogP contribution >= 0.6 is 0 Å². The molecule has 0 radical (unpaired) electrons. The molecule has 0 fully saturated rings. The second kappa shape index (κ2) is 8.31. The molecule has 2 N–H and O–H groups in total. The molecule has 0 amide bonds. The summed E-state index contributed by atoms with van der Waals surface area (Å²) in [6.45, 7) is 0.0135. The maximum Gasteiger partial charge on any atom is 0.417 e. The summed E-state index contributed by atoms with van der Waals surface area (Å²) in [5.41, 5.74) is -2.95. The van der Waals surface area contributed by atoms with Gasteiger partial charge in [0, 0.05) is 18.2 Å². The van der Waals surface area contributed by atoms with Crippen LogP contribution in [0.5, 0.6) is 0 Å². The van der Waals surface area contributed by atoms with Gasteiger partial charge < -0.3 is 10.4 Å². The van der Waals surface area contributed by atoms with E-state index in [0.717, 1.165) is 12.4 Å². The van der Waals surface area contributed by atoms with Gasteiger partial charge in [0.2, 0.25) is 0 Å². The van der Waals surface area contributed by atoms with E-state index in [1.807, 2.05) is 0 Å². The van der Waals surface area contributed by atoms with E-state index in [1.165, 1.54) is 6.07 Å². The van der Waals surface area contributed by atoms with Crippen molar-refractivity contribution in [2.24, 2.45) is 0 Å². The van der Waals surface area contributed by atoms with Crippen LogP contribution < -0.4 is 5.32 Å². The van der Waals surface area contributed by atoms with Crippen molar-refractivity contribution >= 4 is 5.82 Å². The van der Waals surface area contributed by atoms with E-state index in [2.05, 4.69) is 15.3 Å². The van der Waals surface area contributed by atoms with Crippen LogP contribution in [-0.4, -0.2) is 21.6 Å². The summed E-state index contributed by atoms with van der Waals surface area (Å²) in [6.07, 6.45) is -9.84. The van der Waals surface area contributed by atoms with Crippen molar-refractivity contribution in [3.05, 3.63) is 77.6 Å². The normalized spacial score (nSPS) is 13.2. The molecule has 30 heavy (non-hydrogen) atoms. The Balaban J connectivity index is 1.88. The molecule has 1 unspecified atom stereocenters. The fourth-order valence-electron chi connectivity index (χ4n) is 2.77. The largest absolute Gasteiger partial charge is 0.417 e. The zero-order chi connectivity index (χ0) is 21.9. The summed E-state index contributed by atoms with van der Waals surface area (Å²) in [5, 5.41) is 12.9. The first kappa shape index (κ1) is 21.6. The highest BCUT2D eigenvalue weighted by atomic mass is 19.4. The van der Waals surface area contributed by atoms with Crippen molar-refractivity contribution in [1.82, 2.24) is 9.97 Å². The van der Waals surface area contributed by atoms with Gasteiger partial charge in [0.1, 0.15) is 12.1 Å². The summed E-state index contributed by atoms with van der Waals surface area (Å²) >= 11 is 0. The van der Waals surface area contributed by atoms with Gasteiger partial charge >= 0.3 is 12.4 Å².